The molecule has 0 aliphatic carbocycles. The molecule has 2 unspecified atom stereocenters. The molecular formula is C15H22O3. The number of carbonyl (C=O) groups is 1. The van der Waals surface area contributed by atoms with Gasteiger partial charge in [0.15, 0.2) is 0 Å². The second kappa shape index (κ2) is 4.73. The Morgan fingerprint density at radius 3 is 1.78 bits per heavy atom. The molecule has 1 aromatic carbocycles. The summed E-state index contributed by atoms with van der Waals surface area (Å²) in [5, 5.41) is 19.3. The van der Waals surface area contributed by atoms with E-state index in [0.29, 0.717) is 5.56 Å². The smallest absolute Gasteiger partial charge is 0.309 e. The molecule has 0 aliphatic rings. The number of aliphatic hydroxyl groups is 1. The molecule has 0 aliphatic heterocycles. The highest BCUT2D eigenvalue weighted by Crippen LogP contribution is 2.31. The first-order valence-corrected chi connectivity index (χ1v) is 6.13. The van der Waals surface area contributed by atoms with Crippen LogP contribution in [-0.2, 0) is 15.8 Å². The van der Waals surface area contributed by atoms with Crippen molar-refractivity contribution in [2.45, 2.75) is 45.6 Å². The second-order valence-corrected chi connectivity index (χ2v) is 6.03. The molecule has 2 atom stereocenters. The lowest BCUT2D eigenvalue weighted by atomic mass is 9.81. The van der Waals surface area contributed by atoms with Crippen molar-refractivity contribution < 1.29 is 15.0 Å². The van der Waals surface area contributed by atoms with Crippen LogP contribution in [-0.4, -0.2) is 16.2 Å². The Morgan fingerprint density at radius 2 is 1.44 bits per heavy atom. The third kappa shape index (κ3) is 2.91. The van der Waals surface area contributed by atoms with Gasteiger partial charge in [0, 0.05) is 0 Å². The third-order valence-electron chi connectivity index (χ3n) is 3.55. The topological polar surface area (TPSA) is 57.5 Å². The summed E-state index contributed by atoms with van der Waals surface area (Å²) in [5.74, 6) is -1.85. The minimum absolute atomic E-state index is 0.0444. The zero-order chi connectivity index (χ0) is 14.1. The SMILES string of the molecule is CC(C(=O)O)C(C)(O)c1ccc(C(C)(C)C)cc1. The summed E-state index contributed by atoms with van der Waals surface area (Å²) in [6.45, 7) is 9.39. The highest BCUT2D eigenvalue weighted by Gasteiger charge is 2.35. The molecule has 1 aromatic rings. The molecule has 18 heavy (non-hydrogen) atoms. The van der Waals surface area contributed by atoms with Gasteiger partial charge in [0.25, 0.3) is 0 Å². The van der Waals surface area contributed by atoms with Crippen LogP contribution in [0.25, 0.3) is 0 Å². The van der Waals surface area contributed by atoms with Crippen LogP contribution in [0.15, 0.2) is 24.3 Å². The van der Waals surface area contributed by atoms with E-state index in [0.717, 1.165) is 5.56 Å². The lowest BCUT2D eigenvalue weighted by Crippen LogP contribution is -2.35. The minimum atomic E-state index is -1.36. The molecule has 3 heteroatoms. The van der Waals surface area contributed by atoms with Gasteiger partial charge in [-0.3, -0.25) is 4.79 Å². The van der Waals surface area contributed by atoms with Crippen LogP contribution in [0.4, 0.5) is 0 Å². The van der Waals surface area contributed by atoms with E-state index in [4.69, 9.17) is 5.11 Å². The second-order valence-electron chi connectivity index (χ2n) is 6.03. The summed E-state index contributed by atoms with van der Waals surface area (Å²) in [6, 6.07) is 7.50. The van der Waals surface area contributed by atoms with Crippen LogP contribution >= 0.6 is 0 Å². The molecule has 0 aromatic heterocycles. The summed E-state index contributed by atoms with van der Waals surface area (Å²) >= 11 is 0. The predicted molar refractivity (Wildman–Crippen MR) is 71.5 cm³/mol. The van der Waals surface area contributed by atoms with Crippen molar-refractivity contribution in [3.63, 3.8) is 0 Å². The first-order valence-electron chi connectivity index (χ1n) is 6.13. The van der Waals surface area contributed by atoms with E-state index < -0.39 is 17.5 Å². The molecule has 1 rings (SSSR count). The molecule has 0 saturated heterocycles. The van der Waals surface area contributed by atoms with Crippen molar-refractivity contribution in [3.8, 4) is 0 Å². The molecule has 0 amide bonds. The third-order valence-corrected chi connectivity index (χ3v) is 3.55. The van der Waals surface area contributed by atoms with Crippen LogP contribution in [0, 0.1) is 5.92 Å². The number of hydrogen-bond donors (Lipinski definition) is 2. The number of carboxylic acid groups (broad SMARTS) is 1. The highest BCUT2D eigenvalue weighted by molar-refractivity contribution is 5.71. The predicted octanol–water partition coefficient (Wildman–Crippen LogP) is 2.91. The normalized spacial score (nSPS) is 17.0. The minimum Gasteiger partial charge on any atom is -0.481 e. The van der Waals surface area contributed by atoms with Gasteiger partial charge in [0.1, 0.15) is 0 Å². The lowest BCUT2D eigenvalue weighted by Gasteiger charge is -2.29. The van der Waals surface area contributed by atoms with Gasteiger partial charge < -0.3 is 10.2 Å². The van der Waals surface area contributed by atoms with E-state index in [1.807, 2.05) is 12.1 Å². The number of rotatable bonds is 3. The molecule has 100 valence electrons. The molecule has 3 nitrogen and oxygen atoms in total. The monoisotopic (exact) mass is 250 g/mol. The molecule has 0 fully saturated rings. The van der Waals surface area contributed by atoms with Gasteiger partial charge in [-0.15, -0.1) is 0 Å². The number of benzene rings is 1. The molecule has 0 saturated carbocycles. The molecule has 0 spiro atoms. The summed E-state index contributed by atoms with van der Waals surface area (Å²) in [6.07, 6.45) is 0. The number of aliphatic carboxylic acids is 1. The van der Waals surface area contributed by atoms with E-state index in [2.05, 4.69) is 20.8 Å². The largest absolute Gasteiger partial charge is 0.481 e. The van der Waals surface area contributed by atoms with Crippen LogP contribution in [0.2, 0.25) is 0 Å². The Balaban J connectivity index is 3.08. The van der Waals surface area contributed by atoms with E-state index in [1.165, 1.54) is 13.8 Å². The summed E-state index contributed by atoms with van der Waals surface area (Å²) in [7, 11) is 0. The van der Waals surface area contributed by atoms with Crippen molar-refractivity contribution in [2.24, 2.45) is 5.92 Å². The summed E-state index contributed by atoms with van der Waals surface area (Å²) in [5.41, 5.74) is 0.473. The summed E-state index contributed by atoms with van der Waals surface area (Å²) in [4.78, 5) is 11.0. The highest BCUT2D eigenvalue weighted by atomic mass is 16.4. The van der Waals surface area contributed by atoms with Crippen molar-refractivity contribution in [2.75, 3.05) is 0 Å². The quantitative estimate of drug-likeness (QED) is 0.867. The Hall–Kier alpha value is -1.35. The molecule has 0 radical (unpaired) electrons. The Morgan fingerprint density at radius 1 is 1.06 bits per heavy atom. The average molecular weight is 250 g/mol. The molecule has 0 heterocycles. The van der Waals surface area contributed by atoms with Crippen molar-refractivity contribution >= 4 is 5.97 Å². The van der Waals surface area contributed by atoms with Crippen molar-refractivity contribution in [3.05, 3.63) is 35.4 Å². The zero-order valence-electron chi connectivity index (χ0n) is 11.7. The maximum atomic E-state index is 11.0. The van der Waals surface area contributed by atoms with E-state index >= 15 is 0 Å². The fraction of sp³-hybridized carbons (Fsp3) is 0.533. The molecular weight excluding hydrogens is 228 g/mol. The fourth-order valence-corrected chi connectivity index (χ4v) is 1.80. The van der Waals surface area contributed by atoms with Crippen LogP contribution in [0.3, 0.4) is 0 Å². The molecule has 0 bridgehead atoms. The maximum absolute atomic E-state index is 11.0. The Labute approximate surface area is 108 Å². The maximum Gasteiger partial charge on any atom is 0.309 e. The first kappa shape index (κ1) is 14.7. The van der Waals surface area contributed by atoms with Gasteiger partial charge in [0.2, 0.25) is 0 Å². The zero-order valence-corrected chi connectivity index (χ0v) is 11.7. The Bertz CT molecular complexity index is 424. The number of hydrogen-bond acceptors (Lipinski definition) is 2. The first-order chi connectivity index (χ1) is 8.06. The van der Waals surface area contributed by atoms with Crippen LogP contribution < -0.4 is 0 Å². The van der Waals surface area contributed by atoms with Gasteiger partial charge >= 0.3 is 5.97 Å². The van der Waals surface area contributed by atoms with Gasteiger partial charge in [-0.1, -0.05) is 45.0 Å². The van der Waals surface area contributed by atoms with E-state index in [1.54, 1.807) is 12.1 Å². The van der Waals surface area contributed by atoms with Crippen LogP contribution in [0.5, 0.6) is 0 Å². The Kier molecular flexibility index (Phi) is 3.86. The van der Waals surface area contributed by atoms with Gasteiger partial charge in [-0.25, -0.2) is 0 Å². The summed E-state index contributed by atoms with van der Waals surface area (Å²) < 4.78 is 0. The van der Waals surface area contributed by atoms with Gasteiger partial charge in [-0.05, 0) is 30.4 Å². The number of carboxylic acids is 1. The van der Waals surface area contributed by atoms with E-state index in [-0.39, 0.29) is 5.41 Å². The van der Waals surface area contributed by atoms with Gasteiger partial charge in [-0.2, -0.15) is 0 Å². The standard InChI is InChI=1S/C15H22O3/c1-10(13(16)17)15(5,18)12-8-6-11(7-9-12)14(2,3)4/h6-10,18H,1-5H3,(H,16,17). The molecule has 2 N–H and O–H groups in total. The van der Waals surface area contributed by atoms with Gasteiger partial charge in [0.05, 0.1) is 11.5 Å². The van der Waals surface area contributed by atoms with Crippen molar-refractivity contribution in [1.29, 1.82) is 0 Å². The van der Waals surface area contributed by atoms with Crippen molar-refractivity contribution in [1.82, 2.24) is 0 Å². The van der Waals surface area contributed by atoms with Crippen LogP contribution in [0.1, 0.15) is 45.7 Å². The average Bonchev–Trinajstić information content (AvgIpc) is 2.26. The fourth-order valence-electron chi connectivity index (χ4n) is 1.80. The lowest BCUT2D eigenvalue weighted by molar-refractivity contribution is -0.150. The van der Waals surface area contributed by atoms with E-state index in [9.17, 15) is 9.90 Å².